The molecule has 9 heteroatoms. The van der Waals surface area contributed by atoms with Crippen molar-refractivity contribution in [1.82, 2.24) is 9.78 Å². The van der Waals surface area contributed by atoms with Crippen molar-refractivity contribution in [2.45, 2.75) is 0 Å². The van der Waals surface area contributed by atoms with E-state index in [0.29, 0.717) is 27.2 Å². The summed E-state index contributed by atoms with van der Waals surface area (Å²) in [6, 6.07) is 14.4. The lowest BCUT2D eigenvalue weighted by Crippen LogP contribution is -2.34. The van der Waals surface area contributed by atoms with Gasteiger partial charge in [0.25, 0.3) is 5.56 Å². The van der Waals surface area contributed by atoms with Gasteiger partial charge in [0, 0.05) is 0 Å². The predicted molar refractivity (Wildman–Crippen MR) is 122 cm³/mol. The molecule has 7 nitrogen and oxygen atoms in total. The van der Waals surface area contributed by atoms with E-state index < -0.39 is 17.5 Å². The van der Waals surface area contributed by atoms with E-state index in [0.717, 1.165) is 0 Å². The van der Waals surface area contributed by atoms with Crippen LogP contribution in [0.4, 0.5) is 0 Å². The van der Waals surface area contributed by atoms with Crippen LogP contribution in [0.1, 0.15) is 25.6 Å². The lowest BCUT2D eigenvalue weighted by atomic mass is 10.2. The summed E-state index contributed by atoms with van der Waals surface area (Å²) in [5.41, 5.74) is 0.383. The Hall–Kier alpha value is -3.88. The molecular formula is C23H15ClN2O5S. The summed E-state index contributed by atoms with van der Waals surface area (Å²) in [5, 5.41) is 14.6. The fraction of sp³-hybridized carbons (Fsp3) is 0. The number of halogens is 1. The minimum atomic E-state index is -1.20. The number of rotatable bonds is 5. The number of hydrogen-bond acceptors (Lipinski definition) is 5. The molecule has 4 rings (SSSR count). The molecule has 160 valence electrons. The van der Waals surface area contributed by atoms with E-state index in [1.54, 1.807) is 47.9 Å². The van der Waals surface area contributed by atoms with Gasteiger partial charge in [-0.2, -0.15) is 0 Å². The SMILES string of the molecule is C=c1[nH]n(-c2ccc(Cl)c(C(=O)O)c2)c(=O)/c1=C\c1cccc(OC(=O)c2cccs2)c1. The quantitative estimate of drug-likeness (QED) is 0.348. The highest BCUT2D eigenvalue weighted by Gasteiger charge is 2.13. The van der Waals surface area contributed by atoms with E-state index in [4.69, 9.17) is 16.3 Å². The molecule has 2 N–H and O–H groups in total. The number of aromatic nitrogens is 2. The number of thiophene rings is 1. The number of H-pyrrole nitrogens is 1. The number of esters is 1. The van der Waals surface area contributed by atoms with Crippen molar-refractivity contribution in [3.05, 3.63) is 102 Å². The van der Waals surface area contributed by atoms with E-state index in [9.17, 15) is 19.5 Å². The lowest BCUT2D eigenvalue weighted by Gasteiger charge is -2.04. The van der Waals surface area contributed by atoms with Gasteiger partial charge in [-0.3, -0.25) is 9.89 Å². The van der Waals surface area contributed by atoms with Crippen LogP contribution >= 0.6 is 22.9 Å². The first-order valence-electron chi connectivity index (χ1n) is 9.24. The van der Waals surface area contributed by atoms with Gasteiger partial charge < -0.3 is 9.84 Å². The van der Waals surface area contributed by atoms with Crippen LogP contribution in [0.2, 0.25) is 5.02 Å². The molecule has 0 fully saturated rings. The molecule has 32 heavy (non-hydrogen) atoms. The minimum Gasteiger partial charge on any atom is -0.478 e. The van der Waals surface area contributed by atoms with Crippen molar-refractivity contribution in [3.63, 3.8) is 0 Å². The second-order valence-electron chi connectivity index (χ2n) is 6.70. The van der Waals surface area contributed by atoms with Crippen molar-refractivity contribution in [2.75, 3.05) is 0 Å². The highest BCUT2D eigenvalue weighted by atomic mass is 35.5. The monoisotopic (exact) mass is 466 g/mol. The van der Waals surface area contributed by atoms with Gasteiger partial charge in [0.05, 0.1) is 26.8 Å². The first kappa shape index (κ1) is 21.4. The number of hydrogen-bond donors (Lipinski definition) is 2. The molecular weight excluding hydrogens is 452 g/mol. The van der Waals surface area contributed by atoms with Crippen LogP contribution in [-0.4, -0.2) is 26.8 Å². The van der Waals surface area contributed by atoms with Crippen LogP contribution in [0.3, 0.4) is 0 Å². The maximum atomic E-state index is 13.0. The summed E-state index contributed by atoms with van der Waals surface area (Å²) in [5.74, 6) is -1.33. The third kappa shape index (κ3) is 4.27. The Morgan fingerprint density at radius 2 is 1.97 bits per heavy atom. The van der Waals surface area contributed by atoms with Crippen molar-refractivity contribution in [3.8, 4) is 11.4 Å². The zero-order chi connectivity index (χ0) is 22.8. The Bertz CT molecular complexity index is 1500. The fourth-order valence-electron chi connectivity index (χ4n) is 3.03. The average molecular weight is 467 g/mol. The van der Waals surface area contributed by atoms with Crippen molar-refractivity contribution in [2.24, 2.45) is 0 Å². The lowest BCUT2D eigenvalue weighted by molar-refractivity contribution is 0.0694. The number of aromatic amines is 1. The highest BCUT2D eigenvalue weighted by Crippen LogP contribution is 2.19. The van der Waals surface area contributed by atoms with Crippen LogP contribution in [0, 0.1) is 0 Å². The van der Waals surface area contributed by atoms with Crippen molar-refractivity contribution in [1.29, 1.82) is 0 Å². The maximum absolute atomic E-state index is 13.0. The Balaban J connectivity index is 1.71. The Morgan fingerprint density at radius 1 is 1.16 bits per heavy atom. The van der Waals surface area contributed by atoms with Crippen LogP contribution < -0.4 is 20.9 Å². The molecule has 2 heterocycles. The molecule has 0 atom stereocenters. The van der Waals surface area contributed by atoms with Crippen LogP contribution in [0.25, 0.3) is 18.3 Å². The molecule has 0 saturated carbocycles. The van der Waals surface area contributed by atoms with Crippen molar-refractivity contribution >= 4 is 47.5 Å². The van der Waals surface area contributed by atoms with E-state index in [1.165, 1.54) is 34.2 Å². The van der Waals surface area contributed by atoms with Crippen LogP contribution in [-0.2, 0) is 0 Å². The number of nitrogens with one attached hydrogen (secondary N) is 1. The molecule has 2 aromatic carbocycles. The van der Waals surface area contributed by atoms with E-state index in [1.807, 2.05) is 0 Å². The third-order valence-corrected chi connectivity index (χ3v) is 5.73. The average Bonchev–Trinajstić information content (AvgIpc) is 3.39. The molecule has 0 aliphatic rings. The standard InChI is InChI=1S/C23H15ClN2O5S/c1-13-17(21(27)26(25-13)15-7-8-19(24)18(12-15)22(28)29)11-14-4-2-5-16(10-14)31-23(30)20-6-3-9-32-20/h2-12,25H,1H2,(H,28,29)/b17-11-. The summed E-state index contributed by atoms with van der Waals surface area (Å²) in [6.07, 6.45) is 1.61. The third-order valence-electron chi connectivity index (χ3n) is 4.55. The molecule has 0 amide bonds. The van der Waals surface area contributed by atoms with E-state index in [-0.39, 0.29) is 15.8 Å². The molecule has 0 spiro atoms. The number of carboxylic acids is 1. The molecule has 4 aromatic rings. The number of ether oxygens (including phenoxy) is 1. The molecule has 0 aliphatic carbocycles. The number of carbonyl (C=O) groups excluding carboxylic acids is 1. The molecule has 0 unspecified atom stereocenters. The Labute approximate surface area is 190 Å². The maximum Gasteiger partial charge on any atom is 0.353 e. The number of aromatic carboxylic acids is 1. The molecule has 2 aromatic heterocycles. The molecule has 0 aliphatic heterocycles. The normalized spacial score (nSPS) is 11.5. The van der Waals surface area contributed by atoms with Gasteiger partial charge in [-0.15, -0.1) is 11.3 Å². The van der Waals surface area contributed by atoms with Gasteiger partial charge in [-0.05, 0) is 53.4 Å². The molecule has 0 bridgehead atoms. The minimum absolute atomic E-state index is 0.0661. The van der Waals surface area contributed by atoms with Gasteiger partial charge in [0.1, 0.15) is 10.6 Å². The summed E-state index contributed by atoms with van der Waals surface area (Å²) in [7, 11) is 0. The van der Waals surface area contributed by atoms with Crippen LogP contribution in [0.5, 0.6) is 5.75 Å². The van der Waals surface area contributed by atoms with E-state index >= 15 is 0 Å². The Kier molecular flexibility index (Phi) is 5.81. The Morgan fingerprint density at radius 3 is 2.69 bits per heavy atom. The van der Waals surface area contributed by atoms with Gasteiger partial charge in [-0.25, -0.2) is 14.3 Å². The molecule has 0 radical (unpaired) electrons. The zero-order valence-corrected chi connectivity index (χ0v) is 17.9. The smallest absolute Gasteiger partial charge is 0.353 e. The largest absolute Gasteiger partial charge is 0.478 e. The number of carbonyl (C=O) groups is 2. The van der Waals surface area contributed by atoms with Gasteiger partial charge >= 0.3 is 11.9 Å². The summed E-state index contributed by atoms with van der Waals surface area (Å²) in [4.78, 5) is 37.0. The van der Waals surface area contributed by atoms with Crippen molar-refractivity contribution < 1.29 is 19.4 Å². The number of benzene rings is 2. The van der Waals surface area contributed by atoms with E-state index in [2.05, 4.69) is 11.7 Å². The first-order valence-corrected chi connectivity index (χ1v) is 10.5. The molecule has 0 saturated heterocycles. The zero-order valence-electron chi connectivity index (χ0n) is 16.4. The van der Waals surface area contributed by atoms with Crippen LogP contribution in [0.15, 0.2) is 64.8 Å². The van der Waals surface area contributed by atoms with Gasteiger partial charge in [0.15, 0.2) is 0 Å². The first-order chi connectivity index (χ1) is 15.3. The second kappa shape index (κ2) is 8.70. The summed E-state index contributed by atoms with van der Waals surface area (Å²) in [6.45, 7) is 3.87. The number of carboxylic acid groups (broad SMARTS) is 1. The van der Waals surface area contributed by atoms with Gasteiger partial charge in [0.2, 0.25) is 0 Å². The highest BCUT2D eigenvalue weighted by molar-refractivity contribution is 7.12. The number of nitrogens with zero attached hydrogens (tertiary/aromatic N) is 1. The fourth-order valence-corrected chi connectivity index (χ4v) is 3.83. The summed E-state index contributed by atoms with van der Waals surface area (Å²) >= 11 is 7.19. The second-order valence-corrected chi connectivity index (χ2v) is 8.05. The predicted octanol–water partition coefficient (Wildman–Crippen LogP) is 3.04. The van der Waals surface area contributed by atoms with Gasteiger partial charge in [-0.1, -0.05) is 36.4 Å². The summed E-state index contributed by atoms with van der Waals surface area (Å²) < 4.78 is 6.59. The topological polar surface area (TPSA) is 101 Å².